The molecule has 0 aliphatic rings. The maximum Gasteiger partial charge on any atom is 0.260 e. The van der Waals surface area contributed by atoms with Crippen LogP contribution < -0.4 is 16.0 Å². The van der Waals surface area contributed by atoms with Crippen LogP contribution in [-0.4, -0.2) is 19.9 Å². The van der Waals surface area contributed by atoms with Crippen LogP contribution in [0.2, 0.25) is 0 Å². The average molecular weight is 326 g/mol. The fourth-order valence-electron chi connectivity index (χ4n) is 1.81. The first-order chi connectivity index (χ1) is 9.87. The number of sulfonamides is 1. The number of nitrogens with two attached hydrogens (primary N) is 1. The van der Waals surface area contributed by atoms with E-state index in [1.165, 1.54) is 6.20 Å². The summed E-state index contributed by atoms with van der Waals surface area (Å²) in [6.07, 6.45) is 1.42. The van der Waals surface area contributed by atoms with Gasteiger partial charge in [0.05, 0.1) is 5.69 Å². The molecule has 8 heteroatoms. The van der Waals surface area contributed by atoms with Crippen molar-refractivity contribution in [3.8, 4) is 0 Å². The number of rotatable bonds is 6. The van der Waals surface area contributed by atoms with Crippen molar-refractivity contribution in [3.05, 3.63) is 40.7 Å². The zero-order valence-corrected chi connectivity index (χ0v) is 13.5. The van der Waals surface area contributed by atoms with Gasteiger partial charge in [0.25, 0.3) is 10.0 Å². The minimum Gasteiger partial charge on any atom is -0.321 e. The van der Waals surface area contributed by atoms with Crippen molar-refractivity contribution in [2.75, 3.05) is 12.0 Å². The number of hydrogen-bond acceptors (Lipinski definition) is 6. The van der Waals surface area contributed by atoms with Crippen molar-refractivity contribution in [1.29, 1.82) is 0 Å². The van der Waals surface area contributed by atoms with Crippen LogP contribution in [0.1, 0.15) is 18.7 Å². The van der Waals surface area contributed by atoms with E-state index in [1.54, 1.807) is 23.5 Å². The summed E-state index contributed by atoms with van der Waals surface area (Å²) in [6, 6.07) is 7.12. The van der Waals surface area contributed by atoms with Gasteiger partial charge in [-0.1, -0.05) is 19.9 Å². The van der Waals surface area contributed by atoms with Gasteiger partial charge < -0.3 is 5.43 Å². The molecule has 0 saturated carbocycles. The molecule has 0 spiro atoms. The Hall–Kier alpha value is -1.48. The van der Waals surface area contributed by atoms with E-state index in [9.17, 15) is 8.42 Å². The molecule has 0 fully saturated rings. The molecule has 114 valence electrons. The van der Waals surface area contributed by atoms with Crippen molar-refractivity contribution >= 4 is 27.0 Å². The van der Waals surface area contributed by atoms with Crippen LogP contribution >= 0.6 is 11.3 Å². The van der Waals surface area contributed by atoms with Crippen LogP contribution in [0.15, 0.2) is 40.9 Å². The molecule has 0 aliphatic carbocycles. The molecule has 0 atom stereocenters. The fraction of sp³-hybridized carbons (Fsp3) is 0.308. The van der Waals surface area contributed by atoms with Gasteiger partial charge in [0.15, 0.2) is 5.03 Å². The van der Waals surface area contributed by atoms with E-state index in [-0.39, 0.29) is 22.7 Å². The predicted molar refractivity (Wildman–Crippen MR) is 84.6 cm³/mol. The van der Waals surface area contributed by atoms with E-state index in [0.717, 1.165) is 4.88 Å². The third kappa shape index (κ3) is 3.59. The van der Waals surface area contributed by atoms with Gasteiger partial charge in [-0.3, -0.25) is 5.84 Å². The highest BCUT2D eigenvalue weighted by Crippen LogP contribution is 2.27. The molecule has 2 heterocycles. The summed E-state index contributed by atoms with van der Waals surface area (Å²) in [5.41, 5.74) is 2.31. The largest absolute Gasteiger partial charge is 0.321 e. The lowest BCUT2D eigenvalue weighted by molar-refractivity contribution is 0.508. The molecule has 0 unspecified atom stereocenters. The van der Waals surface area contributed by atoms with Gasteiger partial charge in [0, 0.05) is 23.0 Å². The van der Waals surface area contributed by atoms with E-state index in [2.05, 4.69) is 15.1 Å². The van der Waals surface area contributed by atoms with Crippen LogP contribution in [-0.2, 0) is 15.4 Å². The smallest absolute Gasteiger partial charge is 0.260 e. The molecule has 0 saturated heterocycles. The van der Waals surface area contributed by atoms with Crippen molar-refractivity contribution in [2.45, 2.75) is 24.3 Å². The SMILES string of the molecule is CC(C)(CNS(=O)(=O)c1ncccc1NN)c1cccs1. The Labute approximate surface area is 128 Å². The first-order valence-corrected chi connectivity index (χ1v) is 8.68. The first kappa shape index (κ1) is 15.9. The zero-order valence-electron chi connectivity index (χ0n) is 11.8. The highest BCUT2D eigenvalue weighted by Gasteiger charge is 2.26. The molecule has 21 heavy (non-hydrogen) atoms. The normalized spacial score (nSPS) is 12.3. The van der Waals surface area contributed by atoms with Crippen LogP contribution in [0, 0.1) is 0 Å². The van der Waals surface area contributed by atoms with Crippen molar-refractivity contribution in [2.24, 2.45) is 5.84 Å². The Kier molecular flexibility index (Phi) is 4.62. The quantitative estimate of drug-likeness (QED) is 0.554. The molecule has 0 aliphatic heterocycles. The maximum atomic E-state index is 12.4. The molecule has 4 N–H and O–H groups in total. The van der Waals surface area contributed by atoms with Crippen LogP contribution in [0.25, 0.3) is 0 Å². The summed E-state index contributed by atoms with van der Waals surface area (Å²) in [5, 5.41) is 1.87. The van der Waals surface area contributed by atoms with Gasteiger partial charge in [-0.05, 0) is 23.6 Å². The van der Waals surface area contributed by atoms with Gasteiger partial charge in [-0.2, -0.15) is 0 Å². The van der Waals surface area contributed by atoms with Crippen LogP contribution in [0.5, 0.6) is 0 Å². The molecule has 6 nitrogen and oxygen atoms in total. The third-order valence-electron chi connectivity index (χ3n) is 3.07. The molecule has 0 bridgehead atoms. The monoisotopic (exact) mass is 326 g/mol. The van der Waals surface area contributed by atoms with Crippen LogP contribution in [0.4, 0.5) is 5.69 Å². The van der Waals surface area contributed by atoms with E-state index >= 15 is 0 Å². The Morgan fingerprint density at radius 3 is 2.71 bits per heavy atom. The Balaban J connectivity index is 2.19. The lowest BCUT2D eigenvalue weighted by Crippen LogP contribution is -2.36. The number of thiophene rings is 1. The predicted octanol–water partition coefficient (Wildman–Crippen LogP) is 1.68. The second-order valence-electron chi connectivity index (χ2n) is 5.19. The number of anilines is 1. The van der Waals surface area contributed by atoms with Gasteiger partial charge in [0.1, 0.15) is 0 Å². The molecule has 0 amide bonds. The molecular weight excluding hydrogens is 308 g/mol. The Morgan fingerprint density at radius 1 is 1.33 bits per heavy atom. The van der Waals surface area contributed by atoms with E-state index in [0.29, 0.717) is 0 Å². The van der Waals surface area contributed by atoms with E-state index in [4.69, 9.17) is 5.84 Å². The Morgan fingerprint density at radius 2 is 2.10 bits per heavy atom. The standard InChI is InChI=1S/C13H18N4O2S2/c1-13(2,11-6-4-8-20-11)9-16-21(18,19)12-10(17-14)5-3-7-15-12/h3-8,16-17H,9,14H2,1-2H3. The molecule has 0 radical (unpaired) electrons. The fourth-order valence-corrected chi connectivity index (χ4v) is 3.97. The van der Waals surface area contributed by atoms with Gasteiger partial charge in [0.2, 0.25) is 0 Å². The summed E-state index contributed by atoms with van der Waals surface area (Å²) in [7, 11) is -3.73. The first-order valence-electron chi connectivity index (χ1n) is 6.32. The molecule has 0 aromatic carbocycles. The van der Waals surface area contributed by atoms with Gasteiger partial charge in [-0.25, -0.2) is 18.1 Å². The highest BCUT2D eigenvalue weighted by molar-refractivity contribution is 7.89. The average Bonchev–Trinajstić information content (AvgIpc) is 3.00. The number of hydrazine groups is 1. The van der Waals surface area contributed by atoms with Crippen molar-refractivity contribution in [3.63, 3.8) is 0 Å². The molecular formula is C13H18N4O2S2. The third-order valence-corrected chi connectivity index (χ3v) is 5.67. The maximum absolute atomic E-state index is 12.4. The summed E-state index contributed by atoms with van der Waals surface area (Å²) in [6.45, 7) is 4.25. The molecule has 2 aromatic heterocycles. The number of nitrogens with zero attached hydrogens (tertiary/aromatic N) is 1. The lowest BCUT2D eigenvalue weighted by Gasteiger charge is -2.23. The Bertz CT molecular complexity index is 697. The van der Waals surface area contributed by atoms with Crippen molar-refractivity contribution in [1.82, 2.24) is 9.71 Å². The lowest BCUT2D eigenvalue weighted by atomic mass is 9.92. The summed E-state index contributed by atoms with van der Waals surface area (Å²) in [4.78, 5) is 5.01. The van der Waals surface area contributed by atoms with Crippen molar-refractivity contribution < 1.29 is 8.42 Å². The second kappa shape index (κ2) is 6.10. The van der Waals surface area contributed by atoms with Gasteiger partial charge in [-0.15, -0.1) is 11.3 Å². The highest BCUT2D eigenvalue weighted by atomic mass is 32.2. The second-order valence-corrected chi connectivity index (χ2v) is 7.82. The summed E-state index contributed by atoms with van der Waals surface area (Å²) in [5.74, 6) is 5.33. The minimum absolute atomic E-state index is 0.102. The van der Waals surface area contributed by atoms with E-state index < -0.39 is 10.0 Å². The summed E-state index contributed by atoms with van der Waals surface area (Å²) >= 11 is 1.60. The van der Waals surface area contributed by atoms with Crippen LogP contribution in [0.3, 0.4) is 0 Å². The van der Waals surface area contributed by atoms with E-state index in [1.807, 2.05) is 31.4 Å². The number of pyridine rings is 1. The number of nitrogen functional groups attached to an aromatic ring is 1. The molecule has 2 rings (SSSR count). The number of nitrogens with one attached hydrogen (secondary N) is 2. The number of hydrogen-bond donors (Lipinski definition) is 3. The summed E-state index contributed by atoms with van der Waals surface area (Å²) < 4.78 is 27.3. The molecule has 2 aromatic rings. The van der Waals surface area contributed by atoms with Gasteiger partial charge >= 0.3 is 0 Å². The number of aromatic nitrogens is 1. The topological polar surface area (TPSA) is 97.1 Å². The minimum atomic E-state index is -3.73. The zero-order chi connectivity index (χ0) is 15.5.